The molecule has 5 heteroatoms. The van der Waals surface area contributed by atoms with Gasteiger partial charge in [-0.3, -0.25) is 0 Å². The molecule has 0 aliphatic rings. The van der Waals surface area contributed by atoms with Gasteiger partial charge in [0.2, 0.25) is 0 Å². The van der Waals surface area contributed by atoms with Crippen molar-refractivity contribution in [3.8, 4) is 0 Å². The molecule has 5 aromatic rings. The molecular formula is C32H26O4P+. The van der Waals surface area contributed by atoms with Gasteiger partial charge >= 0.3 is 11.9 Å². The van der Waals surface area contributed by atoms with E-state index >= 15 is 0 Å². The van der Waals surface area contributed by atoms with Crippen LogP contribution in [0.1, 0.15) is 20.7 Å². The lowest BCUT2D eigenvalue weighted by Crippen LogP contribution is -2.38. The summed E-state index contributed by atoms with van der Waals surface area (Å²) in [4.78, 5) is 20.8. The van der Waals surface area contributed by atoms with Crippen molar-refractivity contribution in [2.75, 3.05) is 0 Å². The largest absolute Gasteiger partial charge is 0.478 e. The number of hydrogen-bond donors (Lipinski definition) is 2. The van der Waals surface area contributed by atoms with E-state index in [0.29, 0.717) is 0 Å². The molecule has 0 bridgehead atoms. The van der Waals surface area contributed by atoms with Crippen LogP contribution in [0.3, 0.4) is 0 Å². The predicted molar refractivity (Wildman–Crippen MR) is 152 cm³/mol. The number of carbonyl (C=O) groups is 2. The Bertz CT molecular complexity index is 1260. The smallest absolute Gasteiger partial charge is 0.335 e. The van der Waals surface area contributed by atoms with Crippen molar-refractivity contribution >= 4 is 40.4 Å². The second-order valence-electron chi connectivity index (χ2n) is 8.20. The summed E-state index contributed by atoms with van der Waals surface area (Å²) in [6, 6.07) is 49.0. The maximum absolute atomic E-state index is 10.4. The normalized spacial score (nSPS) is 10.6. The predicted octanol–water partition coefficient (Wildman–Crippen LogP) is 5.39. The van der Waals surface area contributed by atoms with E-state index in [1.807, 2.05) is 0 Å². The van der Waals surface area contributed by atoms with Crippen LogP contribution in [0.25, 0.3) is 0 Å². The molecule has 0 amide bonds. The van der Waals surface area contributed by atoms with E-state index in [1.54, 1.807) is 0 Å². The zero-order valence-electron chi connectivity index (χ0n) is 20.0. The molecule has 0 heterocycles. The Morgan fingerprint density at radius 3 is 0.919 bits per heavy atom. The van der Waals surface area contributed by atoms with E-state index < -0.39 is 19.2 Å². The van der Waals surface area contributed by atoms with E-state index in [4.69, 9.17) is 10.2 Å². The van der Waals surface area contributed by atoms with Crippen molar-refractivity contribution < 1.29 is 19.8 Å². The van der Waals surface area contributed by atoms with Crippen LogP contribution in [0.4, 0.5) is 0 Å². The molecule has 37 heavy (non-hydrogen) atoms. The van der Waals surface area contributed by atoms with Crippen LogP contribution in [0.5, 0.6) is 0 Å². The van der Waals surface area contributed by atoms with Crippen LogP contribution < -0.4 is 21.2 Å². The molecule has 0 saturated heterocycles. The first-order chi connectivity index (χ1) is 18.0. The molecule has 0 fully saturated rings. The maximum atomic E-state index is 10.4. The third kappa shape index (κ3) is 5.66. The van der Waals surface area contributed by atoms with Crippen LogP contribution in [-0.4, -0.2) is 22.2 Å². The standard InChI is InChI=1S/C24H20P.C8H6O4/c1-5-13-21(14-6-1)25(22-15-7-2-8-16-22,23-17-9-3-10-18-23)24-19-11-4-12-20-24;9-7(10)5-2-1-3-6(4-5)8(11)12/h1-20H;1-4H,(H,9,10)(H,11,12)/q+1;. The van der Waals surface area contributed by atoms with Gasteiger partial charge in [0.05, 0.1) is 11.1 Å². The van der Waals surface area contributed by atoms with Crippen LogP contribution in [0.15, 0.2) is 146 Å². The van der Waals surface area contributed by atoms with Gasteiger partial charge in [0.1, 0.15) is 28.5 Å². The van der Waals surface area contributed by atoms with Crippen molar-refractivity contribution in [2.24, 2.45) is 0 Å². The van der Waals surface area contributed by atoms with Gasteiger partial charge in [-0.05, 0) is 66.7 Å². The molecular weight excluding hydrogens is 479 g/mol. The van der Waals surface area contributed by atoms with Crippen LogP contribution >= 0.6 is 7.26 Å². The summed E-state index contributed by atoms with van der Waals surface area (Å²) in [6.45, 7) is 0. The van der Waals surface area contributed by atoms with Gasteiger partial charge in [-0.15, -0.1) is 0 Å². The lowest BCUT2D eigenvalue weighted by atomic mass is 10.1. The SMILES string of the molecule is O=C(O)c1cccc(C(=O)O)c1.c1ccc([P+](c2ccccc2)(c2ccccc2)c2ccccc2)cc1. The van der Waals surface area contributed by atoms with Crippen molar-refractivity contribution in [1.29, 1.82) is 0 Å². The lowest BCUT2D eigenvalue weighted by Gasteiger charge is -2.27. The zero-order valence-corrected chi connectivity index (χ0v) is 20.9. The molecule has 0 radical (unpaired) electrons. The minimum absolute atomic E-state index is 0.0186. The van der Waals surface area contributed by atoms with E-state index in [1.165, 1.54) is 39.4 Å². The first-order valence-electron chi connectivity index (χ1n) is 11.7. The van der Waals surface area contributed by atoms with Gasteiger partial charge in [-0.25, -0.2) is 9.59 Å². The minimum atomic E-state index is -1.91. The summed E-state index contributed by atoms with van der Waals surface area (Å²) in [7, 11) is -1.91. The lowest BCUT2D eigenvalue weighted by molar-refractivity contribution is 0.0696. The Hall–Kier alpha value is -4.53. The highest BCUT2D eigenvalue weighted by Gasteiger charge is 2.47. The molecule has 0 saturated carbocycles. The van der Waals surface area contributed by atoms with E-state index in [2.05, 4.69) is 121 Å². The topological polar surface area (TPSA) is 74.6 Å². The van der Waals surface area contributed by atoms with Gasteiger partial charge in [-0.2, -0.15) is 0 Å². The Labute approximate surface area is 216 Å². The molecule has 0 unspecified atom stereocenters. The number of benzene rings is 5. The number of rotatable bonds is 6. The maximum Gasteiger partial charge on any atom is 0.335 e. The van der Waals surface area contributed by atoms with Crippen LogP contribution in [0.2, 0.25) is 0 Å². The van der Waals surface area contributed by atoms with Crippen LogP contribution in [-0.2, 0) is 0 Å². The summed E-state index contributed by atoms with van der Waals surface area (Å²) in [5.74, 6) is -2.25. The second kappa shape index (κ2) is 11.9. The first-order valence-corrected chi connectivity index (χ1v) is 13.5. The summed E-state index contributed by atoms with van der Waals surface area (Å²) in [5, 5.41) is 22.5. The summed E-state index contributed by atoms with van der Waals surface area (Å²) < 4.78 is 0. The number of carboxylic acids is 2. The Morgan fingerprint density at radius 2 is 0.676 bits per heavy atom. The molecule has 0 atom stereocenters. The fourth-order valence-electron chi connectivity index (χ4n) is 4.29. The quantitative estimate of drug-likeness (QED) is 0.304. The molecule has 0 aliphatic carbocycles. The average Bonchev–Trinajstić information content (AvgIpc) is 2.96. The molecule has 5 aromatic carbocycles. The number of aromatic carboxylic acids is 2. The van der Waals surface area contributed by atoms with E-state index in [-0.39, 0.29) is 11.1 Å². The average molecular weight is 506 g/mol. The van der Waals surface area contributed by atoms with E-state index in [9.17, 15) is 9.59 Å². The highest BCUT2D eigenvalue weighted by Crippen LogP contribution is 2.53. The Kier molecular flexibility index (Phi) is 8.25. The van der Waals surface area contributed by atoms with Gasteiger partial charge in [0.25, 0.3) is 0 Å². The van der Waals surface area contributed by atoms with Gasteiger partial charge < -0.3 is 10.2 Å². The van der Waals surface area contributed by atoms with Crippen molar-refractivity contribution in [1.82, 2.24) is 0 Å². The van der Waals surface area contributed by atoms with Crippen molar-refractivity contribution in [2.45, 2.75) is 0 Å². The fourth-order valence-corrected chi connectivity index (χ4v) is 8.55. The first kappa shape index (κ1) is 25.6. The molecule has 5 rings (SSSR count). The van der Waals surface area contributed by atoms with E-state index in [0.717, 1.165) is 6.07 Å². The molecule has 0 spiro atoms. The monoisotopic (exact) mass is 505 g/mol. The molecule has 0 aromatic heterocycles. The fraction of sp³-hybridized carbons (Fsp3) is 0. The zero-order chi connectivity index (χ0) is 26.1. The third-order valence-corrected chi connectivity index (χ3v) is 10.2. The minimum Gasteiger partial charge on any atom is -0.478 e. The molecule has 4 nitrogen and oxygen atoms in total. The van der Waals surface area contributed by atoms with Gasteiger partial charge in [0.15, 0.2) is 0 Å². The number of carboxylic acid groups (broad SMARTS) is 2. The highest BCUT2D eigenvalue weighted by molar-refractivity contribution is 8.01. The van der Waals surface area contributed by atoms with Gasteiger partial charge in [0, 0.05) is 0 Å². The van der Waals surface area contributed by atoms with Crippen LogP contribution in [0, 0.1) is 0 Å². The molecule has 2 N–H and O–H groups in total. The van der Waals surface area contributed by atoms with Crippen molar-refractivity contribution in [3.63, 3.8) is 0 Å². The molecule has 0 aliphatic heterocycles. The number of hydrogen-bond acceptors (Lipinski definition) is 2. The summed E-state index contributed by atoms with van der Waals surface area (Å²) in [6.07, 6.45) is 0. The summed E-state index contributed by atoms with van der Waals surface area (Å²) in [5.41, 5.74) is -0.0372. The summed E-state index contributed by atoms with van der Waals surface area (Å²) >= 11 is 0. The Balaban J connectivity index is 0.000000225. The third-order valence-electron chi connectivity index (χ3n) is 5.93. The second-order valence-corrected chi connectivity index (χ2v) is 11.6. The Morgan fingerprint density at radius 1 is 0.405 bits per heavy atom. The molecule has 182 valence electrons. The van der Waals surface area contributed by atoms with Crippen molar-refractivity contribution in [3.05, 3.63) is 157 Å². The highest BCUT2D eigenvalue weighted by atomic mass is 31.2. The van der Waals surface area contributed by atoms with Gasteiger partial charge in [-0.1, -0.05) is 78.9 Å².